The second-order valence-corrected chi connectivity index (χ2v) is 5.70. The summed E-state index contributed by atoms with van der Waals surface area (Å²) in [6, 6.07) is 17.3. The lowest BCUT2D eigenvalue weighted by Crippen LogP contribution is -2.27. The van der Waals surface area contributed by atoms with Crippen LogP contribution >= 0.6 is 11.6 Å². The first-order chi connectivity index (χ1) is 10.6. The van der Waals surface area contributed by atoms with E-state index in [4.69, 9.17) is 11.6 Å². The standard InChI is InChI=1S/C18H17ClN2O/c1-13-12-15-4-2-3-5-17(15)21(13)11-10-20-18(22)14-6-8-16(19)9-7-14/h2-9,12H,10-11H2,1H3,(H,20,22). The first-order valence-electron chi connectivity index (χ1n) is 7.24. The number of hydrogen-bond donors (Lipinski definition) is 1. The van der Waals surface area contributed by atoms with Gasteiger partial charge in [0.15, 0.2) is 0 Å². The highest BCUT2D eigenvalue weighted by atomic mass is 35.5. The number of aromatic nitrogens is 1. The van der Waals surface area contributed by atoms with Gasteiger partial charge < -0.3 is 9.88 Å². The van der Waals surface area contributed by atoms with Crippen LogP contribution in [0.2, 0.25) is 5.02 Å². The predicted octanol–water partition coefficient (Wildman–Crippen LogP) is 4.03. The van der Waals surface area contributed by atoms with Gasteiger partial charge in [0.05, 0.1) is 0 Å². The second kappa shape index (κ2) is 6.24. The zero-order valence-electron chi connectivity index (χ0n) is 12.3. The molecule has 3 nitrogen and oxygen atoms in total. The summed E-state index contributed by atoms with van der Waals surface area (Å²) in [6.07, 6.45) is 0. The van der Waals surface area contributed by atoms with Crippen molar-refractivity contribution < 1.29 is 4.79 Å². The van der Waals surface area contributed by atoms with E-state index in [2.05, 4.69) is 35.0 Å². The molecular formula is C18H17ClN2O. The van der Waals surface area contributed by atoms with Crippen LogP contribution in [0.15, 0.2) is 54.6 Å². The summed E-state index contributed by atoms with van der Waals surface area (Å²) in [7, 11) is 0. The molecule has 22 heavy (non-hydrogen) atoms. The first kappa shape index (κ1) is 14.7. The number of nitrogens with zero attached hydrogens (tertiary/aromatic N) is 1. The SMILES string of the molecule is Cc1cc2ccccc2n1CCNC(=O)c1ccc(Cl)cc1. The summed E-state index contributed by atoms with van der Waals surface area (Å²) in [5.41, 5.74) is 3.01. The van der Waals surface area contributed by atoms with E-state index in [0.717, 1.165) is 6.54 Å². The number of rotatable bonds is 4. The van der Waals surface area contributed by atoms with Crippen molar-refractivity contribution in [3.63, 3.8) is 0 Å². The van der Waals surface area contributed by atoms with Crippen molar-refractivity contribution in [3.8, 4) is 0 Å². The van der Waals surface area contributed by atoms with Crippen molar-refractivity contribution in [2.45, 2.75) is 13.5 Å². The molecule has 0 saturated heterocycles. The average molecular weight is 313 g/mol. The Morgan fingerprint density at radius 3 is 2.64 bits per heavy atom. The van der Waals surface area contributed by atoms with Gasteiger partial charge in [0.1, 0.15) is 0 Å². The van der Waals surface area contributed by atoms with Crippen molar-refractivity contribution >= 4 is 28.4 Å². The molecule has 0 aliphatic carbocycles. The van der Waals surface area contributed by atoms with Crippen molar-refractivity contribution in [1.29, 1.82) is 0 Å². The highest BCUT2D eigenvalue weighted by Gasteiger charge is 2.07. The fourth-order valence-electron chi connectivity index (χ4n) is 2.63. The molecule has 1 N–H and O–H groups in total. The smallest absolute Gasteiger partial charge is 0.251 e. The molecule has 4 heteroatoms. The zero-order valence-corrected chi connectivity index (χ0v) is 13.1. The molecule has 0 aliphatic heterocycles. The monoisotopic (exact) mass is 312 g/mol. The molecule has 0 fully saturated rings. The van der Waals surface area contributed by atoms with Crippen molar-refractivity contribution in [3.05, 3.63) is 70.9 Å². The Morgan fingerprint density at radius 2 is 1.86 bits per heavy atom. The maximum Gasteiger partial charge on any atom is 0.251 e. The van der Waals surface area contributed by atoms with E-state index in [9.17, 15) is 4.79 Å². The van der Waals surface area contributed by atoms with Gasteiger partial charge in [0.2, 0.25) is 0 Å². The molecule has 1 aromatic heterocycles. The minimum atomic E-state index is -0.0780. The number of nitrogens with one attached hydrogen (secondary N) is 1. The number of amides is 1. The highest BCUT2D eigenvalue weighted by Crippen LogP contribution is 2.18. The fourth-order valence-corrected chi connectivity index (χ4v) is 2.76. The van der Waals surface area contributed by atoms with E-state index < -0.39 is 0 Å². The van der Waals surface area contributed by atoms with Crippen LogP contribution in [0.5, 0.6) is 0 Å². The third kappa shape index (κ3) is 3.00. The van der Waals surface area contributed by atoms with E-state index in [1.54, 1.807) is 24.3 Å². The van der Waals surface area contributed by atoms with Crippen LogP contribution in [-0.4, -0.2) is 17.0 Å². The third-order valence-electron chi connectivity index (χ3n) is 3.75. The Kier molecular flexibility index (Phi) is 4.16. The van der Waals surface area contributed by atoms with Crippen molar-refractivity contribution in [2.24, 2.45) is 0 Å². The van der Waals surface area contributed by atoms with Gasteiger partial charge in [-0.15, -0.1) is 0 Å². The molecule has 0 saturated carbocycles. The number of carbonyl (C=O) groups excluding carboxylic acids is 1. The maximum atomic E-state index is 12.1. The fraction of sp³-hybridized carbons (Fsp3) is 0.167. The third-order valence-corrected chi connectivity index (χ3v) is 4.00. The highest BCUT2D eigenvalue weighted by molar-refractivity contribution is 6.30. The summed E-state index contributed by atoms with van der Waals surface area (Å²) in [6.45, 7) is 3.42. The Hall–Kier alpha value is -2.26. The van der Waals surface area contributed by atoms with E-state index >= 15 is 0 Å². The number of halogens is 1. The number of para-hydroxylation sites is 1. The van der Waals surface area contributed by atoms with Crippen molar-refractivity contribution in [2.75, 3.05) is 6.54 Å². The summed E-state index contributed by atoms with van der Waals surface area (Å²) < 4.78 is 2.22. The molecule has 2 aromatic carbocycles. The Balaban J connectivity index is 1.66. The number of carbonyl (C=O) groups is 1. The maximum absolute atomic E-state index is 12.1. The lowest BCUT2D eigenvalue weighted by atomic mass is 10.2. The van der Waals surface area contributed by atoms with Crippen LogP contribution in [0.3, 0.4) is 0 Å². The summed E-state index contributed by atoms with van der Waals surface area (Å²) in [5, 5.41) is 4.80. The quantitative estimate of drug-likeness (QED) is 0.775. The van der Waals surface area contributed by atoms with Crippen molar-refractivity contribution in [1.82, 2.24) is 9.88 Å². The summed E-state index contributed by atoms with van der Waals surface area (Å²) in [4.78, 5) is 12.1. The van der Waals surface area contributed by atoms with E-state index in [0.29, 0.717) is 17.1 Å². The Morgan fingerprint density at radius 1 is 1.14 bits per heavy atom. The average Bonchev–Trinajstić information content (AvgIpc) is 2.84. The Bertz CT molecular complexity index is 806. The second-order valence-electron chi connectivity index (χ2n) is 5.26. The predicted molar refractivity (Wildman–Crippen MR) is 90.5 cm³/mol. The molecule has 112 valence electrons. The molecule has 0 radical (unpaired) electrons. The number of benzene rings is 2. The molecule has 0 bridgehead atoms. The molecular weight excluding hydrogens is 296 g/mol. The first-order valence-corrected chi connectivity index (χ1v) is 7.61. The van der Waals surface area contributed by atoms with Gasteiger partial charge in [-0.2, -0.15) is 0 Å². The lowest BCUT2D eigenvalue weighted by Gasteiger charge is -2.10. The summed E-state index contributed by atoms with van der Waals surface area (Å²) >= 11 is 5.83. The molecule has 0 spiro atoms. The van der Waals surface area contributed by atoms with Gasteiger partial charge in [-0.3, -0.25) is 4.79 Å². The lowest BCUT2D eigenvalue weighted by molar-refractivity contribution is 0.0952. The van der Waals surface area contributed by atoms with Crippen LogP contribution in [0, 0.1) is 6.92 Å². The topological polar surface area (TPSA) is 34.0 Å². The minimum absolute atomic E-state index is 0.0780. The molecule has 0 atom stereocenters. The van der Waals surface area contributed by atoms with Gasteiger partial charge in [0, 0.05) is 34.9 Å². The molecule has 0 aliphatic rings. The van der Waals surface area contributed by atoms with Gasteiger partial charge in [-0.25, -0.2) is 0 Å². The molecule has 1 amide bonds. The van der Waals surface area contributed by atoms with Crippen LogP contribution in [0.4, 0.5) is 0 Å². The zero-order chi connectivity index (χ0) is 15.5. The van der Waals surface area contributed by atoms with Crippen LogP contribution < -0.4 is 5.32 Å². The normalized spacial score (nSPS) is 10.8. The summed E-state index contributed by atoms with van der Waals surface area (Å²) in [5.74, 6) is -0.0780. The largest absolute Gasteiger partial charge is 0.350 e. The van der Waals surface area contributed by atoms with E-state index in [1.165, 1.54) is 16.6 Å². The van der Waals surface area contributed by atoms with Crippen LogP contribution in [0.1, 0.15) is 16.1 Å². The number of aryl methyl sites for hydroxylation is 1. The van der Waals surface area contributed by atoms with Crippen LogP contribution in [0.25, 0.3) is 10.9 Å². The number of fused-ring (bicyclic) bond motifs is 1. The van der Waals surface area contributed by atoms with E-state index in [-0.39, 0.29) is 5.91 Å². The van der Waals surface area contributed by atoms with Gasteiger partial charge in [0.25, 0.3) is 5.91 Å². The molecule has 3 rings (SSSR count). The van der Waals surface area contributed by atoms with Gasteiger partial charge in [-0.05, 0) is 48.7 Å². The van der Waals surface area contributed by atoms with Crippen LogP contribution in [-0.2, 0) is 6.54 Å². The Labute approximate surface area is 134 Å². The molecule has 3 aromatic rings. The van der Waals surface area contributed by atoms with Gasteiger partial charge in [-0.1, -0.05) is 29.8 Å². The minimum Gasteiger partial charge on any atom is -0.350 e. The number of hydrogen-bond acceptors (Lipinski definition) is 1. The van der Waals surface area contributed by atoms with Gasteiger partial charge >= 0.3 is 0 Å². The molecule has 1 heterocycles. The molecule has 0 unspecified atom stereocenters. The van der Waals surface area contributed by atoms with E-state index in [1.807, 2.05) is 12.1 Å².